The molecule has 0 amide bonds. The van der Waals surface area contributed by atoms with Gasteiger partial charge in [-0.3, -0.25) is 0 Å². The molecular weight excluding hydrogens is 918 g/mol. The fourth-order valence-corrected chi connectivity index (χ4v) is 11.7. The Kier molecular flexibility index (Phi) is 12.2. The standard InChI is InChI=1S/C72H76BN3/c1-68(2,3)49-26-34-54(35-27-49)74(67-58-24-20-19-23-48(58)25-40-59(67)47-21-17-16-18-22-47)57-45-64-66-65(46-57)76(56-38-30-51(31-39-56)70(7,8)9)63-42-33-53(72(13,14)15)44-61(63)73(66)60-43-52(71(10,11)12)32-41-62(60)75(64)55-36-28-50(29-37-55)69(4,5)6/h16-46H,1-15H3. The Morgan fingerprint density at radius 1 is 0.342 bits per heavy atom. The predicted octanol–water partition coefficient (Wildman–Crippen LogP) is 18.5. The molecule has 0 unspecified atom stereocenters. The first kappa shape index (κ1) is 50.8. The number of rotatable bonds is 6. The van der Waals surface area contributed by atoms with Crippen molar-refractivity contribution >= 4 is 85.1 Å². The summed E-state index contributed by atoms with van der Waals surface area (Å²) in [5.41, 5.74) is 23.2. The van der Waals surface area contributed by atoms with Gasteiger partial charge >= 0.3 is 0 Å². The van der Waals surface area contributed by atoms with Gasteiger partial charge in [-0.05, 0) is 143 Å². The second-order valence-electron chi connectivity index (χ2n) is 26.8. The third-order valence-electron chi connectivity index (χ3n) is 16.2. The van der Waals surface area contributed by atoms with Gasteiger partial charge in [0.15, 0.2) is 0 Å². The zero-order valence-electron chi connectivity index (χ0n) is 47.8. The molecule has 0 bridgehead atoms. The van der Waals surface area contributed by atoms with Crippen LogP contribution < -0.4 is 31.1 Å². The van der Waals surface area contributed by atoms with Gasteiger partial charge in [-0.15, -0.1) is 0 Å². The van der Waals surface area contributed by atoms with E-state index in [1.54, 1.807) is 0 Å². The molecule has 0 N–H and O–H groups in total. The maximum atomic E-state index is 2.59. The Labute approximate surface area is 455 Å². The van der Waals surface area contributed by atoms with Gasteiger partial charge in [0.2, 0.25) is 0 Å². The van der Waals surface area contributed by atoms with Crippen LogP contribution in [-0.4, -0.2) is 6.71 Å². The topological polar surface area (TPSA) is 9.72 Å². The minimum atomic E-state index is -0.0648. The predicted molar refractivity (Wildman–Crippen MR) is 332 cm³/mol. The van der Waals surface area contributed by atoms with E-state index in [1.807, 2.05) is 0 Å². The number of fused-ring (bicyclic) bond motifs is 5. The zero-order chi connectivity index (χ0) is 53.9. The van der Waals surface area contributed by atoms with Gasteiger partial charge < -0.3 is 14.7 Å². The number of nitrogens with zero attached hydrogens (tertiary/aromatic N) is 3. The van der Waals surface area contributed by atoms with Crippen LogP contribution >= 0.6 is 0 Å². The van der Waals surface area contributed by atoms with Gasteiger partial charge in [0.05, 0.1) is 11.4 Å². The van der Waals surface area contributed by atoms with Crippen LogP contribution in [0.1, 0.15) is 132 Å². The average Bonchev–Trinajstić information content (AvgIpc) is 3.42. The summed E-state index contributed by atoms with van der Waals surface area (Å²) >= 11 is 0. The van der Waals surface area contributed by atoms with Crippen LogP contribution in [0, 0.1) is 0 Å². The molecular formula is C72H76BN3. The van der Waals surface area contributed by atoms with Crippen molar-refractivity contribution in [3.05, 3.63) is 216 Å². The smallest absolute Gasteiger partial charge is 0.252 e. The van der Waals surface area contributed by atoms with Crippen LogP contribution in [0.3, 0.4) is 0 Å². The molecule has 11 rings (SSSR count). The highest BCUT2D eigenvalue weighted by Crippen LogP contribution is 2.52. The van der Waals surface area contributed by atoms with E-state index in [2.05, 4.69) is 307 Å². The van der Waals surface area contributed by atoms with Crippen LogP contribution in [0.15, 0.2) is 188 Å². The first-order valence-corrected chi connectivity index (χ1v) is 27.6. The fourth-order valence-electron chi connectivity index (χ4n) is 11.7. The van der Waals surface area contributed by atoms with Crippen LogP contribution in [0.5, 0.6) is 0 Å². The Hall–Kier alpha value is -7.30. The molecule has 0 saturated heterocycles. The van der Waals surface area contributed by atoms with Gasteiger partial charge in [0, 0.05) is 50.8 Å². The Balaban J connectivity index is 1.31. The normalized spacial score (nSPS) is 13.6. The third-order valence-corrected chi connectivity index (χ3v) is 16.2. The molecule has 0 spiro atoms. The lowest BCUT2D eigenvalue weighted by molar-refractivity contribution is 0.590. The molecule has 0 radical (unpaired) electrons. The molecule has 2 heterocycles. The summed E-state index contributed by atoms with van der Waals surface area (Å²) in [7, 11) is 0. The number of anilines is 9. The summed E-state index contributed by atoms with van der Waals surface area (Å²) < 4.78 is 0. The second kappa shape index (κ2) is 18.2. The quantitative estimate of drug-likeness (QED) is 0.154. The minimum absolute atomic E-state index is 0.000405. The second-order valence-corrected chi connectivity index (χ2v) is 26.8. The summed E-state index contributed by atoms with van der Waals surface area (Å²) in [5.74, 6) is 0. The van der Waals surface area contributed by atoms with Crippen molar-refractivity contribution in [2.24, 2.45) is 0 Å². The van der Waals surface area contributed by atoms with E-state index in [-0.39, 0.29) is 33.8 Å². The van der Waals surface area contributed by atoms with Crippen LogP contribution in [0.4, 0.5) is 51.2 Å². The monoisotopic (exact) mass is 994 g/mol. The molecule has 0 fully saturated rings. The van der Waals surface area contributed by atoms with Crippen molar-refractivity contribution in [3.63, 3.8) is 0 Å². The SMILES string of the molecule is CC(C)(C)c1ccc(N2c3ccc(C(C)(C)C)cc3B3c4cc(C(C)(C)C)ccc4N(c4ccc(C(C)(C)C)cc4)c4cc(N(c5ccc(C(C)(C)C)cc5)c5c(-c6ccccc6)ccc6ccccc56)cc2c43)cc1. The molecule has 2 aliphatic rings. The third kappa shape index (κ3) is 9.02. The maximum Gasteiger partial charge on any atom is 0.252 e. The molecule has 0 aromatic heterocycles. The Morgan fingerprint density at radius 2 is 0.750 bits per heavy atom. The molecule has 2 aliphatic heterocycles. The van der Waals surface area contributed by atoms with Gasteiger partial charge in [-0.25, -0.2) is 0 Å². The van der Waals surface area contributed by atoms with Gasteiger partial charge in [0.1, 0.15) is 0 Å². The van der Waals surface area contributed by atoms with Crippen molar-refractivity contribution < 1.29 is 0 Å². The lowest BCUT2D eigenvalue weighted by Crippen LogP contribution is -2.61. The van der Waals surface area contributed by atoms with Crippen LogP contribution in [-0.2, 0) is 27.1 Å². The lowest BCUT2D eigenvalue weighted by Gasteiger charge is -2.46. The molecule has 0 saturated carbocycles. The van der Waals surface area contributed by atoms with Crippen molar-refractivity contribution in [3.8, 4) is 11.1 Å². The van der Waals surface area contributed by atoms with Crippen molar-refractivity contribution in [2.75, 3.05) is 14.7 Å². The maximum absolute atomic E-state index is 2.59. The van der Waals surface area contributed by atoms with Crippen LogP contribution in [0.25, 0.3) is 21.9 Å². The molecule has 382 valence electrons. The van der Waals surface area contributed by atoms with Crippen molar-refractivity contribution in [1.82, 2.24) is 0 Å². The molecule has 0 atom stereocenters. The Bertz CT molecular complexity index is 3500. The summed E-state index contributed by atoms with van der Waals surface area (Å²) in [4.78, 5) is 7.75. The van der Waals surface area contributed by atoms with E-state index in [0.717, 1.165) is 28.4 Å². The van der Waals surface area contributed by atoms with E-state index < -0.39 is 0 Å². The Morgan fingerprint density at radius 3 is 1.20 bits per heavy atom. The van der Waals surface area contributed by atoms with E-state index >= 15 is 0 Å². The zero-order valence-corrected chi connectivity index (χ0v) is 47.8. The van der Waals surface area contributed by atoms with Crippen LogP contribution in [0.2, 0.25) is 0 Å². The molecule has 0 aliphatic carbocycles. The summed E-state index contributed by atoms with van der Waals surface area (Å²) in [5, 5.41) is 2.39. The molecule has 9 aromatic rings. The average molecular weight is 994 g/mol. The largest absolute Gasteiger partial charge is 0.311 e. The van der Waals surface area contributed by atoms with Crippen molar-refractivity contribution in [1.29, 1.82) is 0 Å². The highest BCUT2D eigenvalue weighted by molar-refractivity contribution is 7.00. The number of benzene rings is 9. The lowest BCUT2D eigenvalue weighted by atomic mass is 9.33. The van der Waals surface area contributed by atoms with Gasteiger partial charge in [0.25, 0.3) is 6.71 Å². The van der Waals surface area contributed by atoms with Gasteiger partial charge in [-0.2, -0.15) is 0 Å². The molecule has 3 nitrogen and oxygen atoms in total. The number of hydrogen-bond acceptors (Lipinski definition) is 3. The highest BCUT2D eigenvalue weighted by Gasteiger charge is 2.45. The fraction of sp³-hybridized carbons (Fsp3) is 0.278. The summed E-state index contributed by atoms with van der Waals surface area (Å²) in [6.07, 6.45) is 0. The van der Waals surface area contributed by atoms with E-state index in [9.17, 15) is 0 Å². The van der Waals surface area contributed by atoms with Crippen molar-refractivity contribution in [2.45, 2.75) is 131 Å². The molecule has 4 heteroatoms. The molecule has 9 aromatic carbocycles. The van der Waals surface area contributed by atoms with E-state index in [4.69, 9.17) is 0 Å². The number of hydrogen-bond donors (Lipinski definition) is 0. The molecule has 76 heavy (non-hydrogen) atoms. The first-order valence-electron chi connectivity index (χ1n) is 27.6. The van der Waals surface area contributed by atoms with E-state index in [0.29, 0.717) is 0 Å². The minimum Gasteiger partial charge on any atom is -0.311 e. The first-order chi connectivity index (χ1) is 35.9. The highest BCUT2D eigenvalue weighted by atomic mass is 15.2. The summed E-state index contributed by atoms with van der Waals surface area (Å²) in [6, 6.07) is 72.5. The van der Waals surface area contributed by atoms with Gasteiger partial charge in [-0.1, -0.05) is 231 Å². The van der Waals surface area contributed by atoms with E-state index in [1.165, 1.54) is 88.9 Å². The summed E-state index contributed by atoms with van der Waals surface area (Å²) in [6.45, 7) is 34.8.